The number of aromatic nitrogens is 1. The molecule has 33 heavy (non-hydrogen) atoms. The normalized spacial score (nSPS) is 11.5. The average molecular weight is 451 g/mol. The molecular formula is C25H26FN3O4. The van der Waals surface area contributed by atoms with Crippen molar-refractivity contribution in [3.05, 3.63) is 83.9 Å². The summed E-state index contributed by atoms with van der Waals surface area (Å²) in [7, 11) is 1.54. The Bertz CT molecular complexity index is 1090. The lowest BCUT2D eigenvalue weighted by Crippen LogP contribution is -2.49. The Morgan fingerprint density at radius 1 is 1.06 bits per heavy atom. The van der Waals surface area contributed by atoms with Gasteiger partial charge in [-0.2, -0.15) is 0 Å². The lowest BCUT2D eigenvalue weighted by Gasteiger charge is -2.22. The van der Waals surface area contributed by atoms with Crippen molar-refractivity contribution in [2.45, 2.75) is 26.4 Å². The van der Waals surface area contributed by atoms with Gasteiger partial charge in [0.05, 0.1) is 13.3 Å². The quantitative estimate of drug-likeness (QED) is 0.512. The van der Waals surface area contributed by atoms with E-state index in [1.807, 2.05) is 13.8 Å². The van der Waals surface area contributed by atoms with Crippen LogP contribution >= 0.6 is 0 Å². The maximum Gasteiger partial charge on any atom is 0.251 e. The molecule has 0 fully saturated rings. The molecule has 0 bridgehead atoms. The van der Waals surface area contributed by atoms with Gasteiger partial charge in [0.1, 0.15) is 17.5 Å². The highest BCUT2D eigenvalue weighted by Gasteiger charge is 2.24. The van der Waals surface area contributed by atoms with E-state index in [0.29, 0.717) is 22.6 Å². The zero-order valence-electron chi connectivity index (χ0n) is 18.7. The van der Waals surface area contributed by atoms with Crippen LogP contribution in [-0.4, -0.2) is 29.9 Å². The van der Waals surface area contributed by atoms with Crippen molar-refractivity contribution in [3.63, 3.8) is 0 Å². The van der Waals surface area contributed by atoms with Crippen LogP contribution < -0.4 is 20.1 Å². The van der Waals surface area contributed by atoms with Gasteiger partial charge in [0, 0.05) is 18.3 Å². The van der Waals surface area contributed by atoms with Gasteiger partial charge in [-0.25, -0.2) is 4.39 Å². The highest BCUT2D eigenvalue weighted by atomic mass is 19.1. The molecular weight excluding hydrogens is 425 g/mol. The van der Waals surface area contributed by atoms with E-state index in [1.54, 1.807) is 55.8 Å². The molecule has 8 heteroatoms. The lowest BCUT2D eigenvalue weighted by molar-refractivity contribution is -0.124. The maximum absolute atomic E-state index is 14.4. The number of pyridine rings is 1. The molecule has 1 heterocycles. The van der Waals surface area contributed by atoms with E-state index in [9.17, 15) is 14.0 Å². The number of nitrogens with zero attached hydrogens (tertiary/aromatic N) is 1. The van der Waals surface area contributed by atoms with Crippen LogP contribution in [0.25, 0.3) is 0 Å². The SMILES string of the molecule is COc1ccc(C(=O)NC(C(=O)NCc2ccc(Oc3cccnc3)c(F)c2)C(C)C)cc1. The molecule has 0 aliphatic carbocycles. The van der Waals surface area contributed by atoms with Gasteiger partial charge in [-0.05, 0) is 60.0 Å². The molecule has 0 radical (unpaired) electrons. The van der Waals surface area contributed by atoms with Crippen LogP contribution in [0.1, 0.15) is 29.8 Å². The highest BCUT2D eigenvalue weighted by molar-refractivity contribution is 5.97. The first kappa shape index (κ1) is 23.7. The minimum absolute atomic E-state index is 0.0601. The van der Waals surface area contributed by atoms with Crippen LogP contribution in [0.2, 0.25) is 0 Å². The number of carbonyl (C=O) groups excluding carboxylic acids is 2. The van der Waals surface area contributed by atoms with Gasteiger partial charge in [0.15, 0.2) is 11.6 Å². The Morgan fingerprint density at radius 2 is 1.82 bits per heavy atom. The predicted molar refractivity (Wildman–Crippen MR) is 122 cm³/mol. The highest BCUT2D eigenvalue weighted by Crippen LogP contribution is 2.24. The first-order valence-electron chi connectivity index (χ1n) is 10.5. The van der Waals surface area contributed by atoms with E-state index in [4.69, 9.17) is 9.47 Å². The summed E-state index contributed by atoms with van der Waals surface area (Å²) >= 11 is 0. The number of halogens is 1. The molecule has 2 amide bonds. The zero-order chi connectivity index (χ0) is 23.8. The Hall–Kier alpha value is -3.94. The van der Waals surface area contributed by atoms with E-state index in [-0.39, 0.29) is 30.0 Å². The van der Waals surface area contributed by atoms with E-state index < -0.39 is 11.9 Å². The average Bonchev–Trinajstić information content (AvgIpc) is 2.83. The molecule has 0 saturated carbocycles. The fourth-order valence-corrected chi connectivity index (χ4v) is 3.07. The number of amides is 2. The summed E-state index contributed by atoms with van der Waals surface area (Å²) < 4.78 is 25.0. The summed E-state index contributed by atoms with van der Waals surface area (Å²) in [6, 6.07) is 13.7. The van der Waals surface area contributed by atoms with E-state index >= 15 is 0 Å². The molecule has 1 aromatic heterocycles. The molecule has 3 rings (SSSR count). The number of methoxy groups -OCH3 is 1. The van der Waals surface area contributed by atoms with Gasteiger partial charge in [0.2, 0.25) is 5.91 Å². The minimum Gasteiger partial charge on any atom is -0.497 e. The van der Waals surface area contributed by atoms with Crippen molar-refractivity contribution in [2.24, 2.45) is 5.92 Å². The topological polar surface area (TPSA) is 89.5 Å². The van der Waals surface area contributed by atoms with Gasteiger partial charge < -0.3 is 20.1 Å². The number of benzene rings is 2. The van der Waals surface area contributed by atoms with E-state index in [1.165, 1.54) is 18.3 Å². The summed E-state index contributed by atoms with van der Waals surface area (Å²) in [5, 5.41) is 5.52. The second-order valence-corrected chi connectivity index (χ2v) is 7.70. The predicted octanol–water partition coefficient (Wildman–Crippen LogP) is 4.09. The molecule has 172 valence electrons. The minimum atomic E-state index is -0.752. The third kappa shape index (κ3) is 6.52. The monoisotopic (exact) mass is 451 g/mol. The number of hydrogen-bond acceptors (Lipinski definition) is 5. The van der Waals surface area contributed by atoms with Crippen LogP contribution in [0, 0.1) is 11.7 Å². The van der Waals surface area contributed by atoms with Crippen LogP contribution in [0.5, 0.6) is 17.2 Å². The Labute approximate surface area is 192 Å². The second-order valence-electron chi connectivity index (χ2n) is 7.70. The number of nitrogens with one attached hydrogen (secondary N) is 2. The Kier molecular flexibility index (Phi) is 7.96. The molecule has 3 aromatic rings. The third-order valence-corrected chi connectivity index (χ3v) is 4.91. The fraction of sp³-hybridized carbons (Fsp3) is 0.240. The van der Waals surface area contributed by atoms with Crippen molar-refractivity contribution >= 4 is 11.8 Å². The Balaban J connectivity index is 1.60. The second kappa shape index (κ2) is 11.1. The maximum atomic E-state index is 14.4. The van der Waals surface area contributed by atoms with E-state index in [2.05, 4.69) is 15.6 Å². The van der Waals surface area contributed by atoms with Gasteiger partial charge in [0.25, 0.3) is 5.91 Å². The van der Waals surface area contributed by atoms with E-state index in [0.717, 1.165) is 0 Å². The lowest BCUT2D eigenvalue weighted by atomic mass is 10.0. The molecule has 7 nitrogen and oxygen atoms in total. The van der Waals surface area contributed by atoms with Gasteiger partial charge in [-0.3, -0.25) is 14.6 Å². The van der Waals surface area contributed by atoms with Crippen LogP contribution in [0.15, 0.2) is 67.0 Å². The van der Waals surface area contributed by atoms with Crippen LogP contribution in [-0.2, 0) is 11.3 Å². The molecule has 0 spiro atoms. The molecule has 0 aliphatic heterocycles. The Morgan fingerprint density at radius 3 is 2.42 bits per heavy atom. The summed E-state index contributed by atoms with van der Waals surface area (Å²) in [6.07, 6.45) is 3.08. The van der Waals surface area contributed by atoms with Crippen LogP contribution in [0.3, 0.4) is 0 Å². The summed E-state index contributed by atoms with van der Waals surface area (Å²) in [5.41, 5.74) is 0.976. The molecule has 1 atom stereocenters. The summed E-state index contributed by atoms with van der Waals surface area (Å²) in [6.45, 7) is 3.77. The van der Waals surface area contributed by atoms with Crippen molar-refractivity contribution in [1.29, 1.82) is 0 Å². The van der Waals surface area contributed by atoms with Crippen molar-refractivity contribution in [1.82, 2.24) is 15.6 Å². The van der Waals surface area contributed by atoms with Gasteiger partial charge >= 0.3 is 0 Å². The standard InChI is InChI=1S/C25H26FN3O4/c1-16(2)23(29-24(30)18-7-9-19(32-3)10-8-18)25(31)28-14-17-6-11-22(21(26)13-17)33-20-5-4-12-27-15-20/h4-13,15-16,23H,14H2,1-3H3,(H,28,31)(H,29,30). The molecule has 2 N–H and O–H groups in total. The summed E-state index contributed by atoms with van der Waals surface area (Å²) in [4.78, 5) is 29.2. The molecule has 0 aliphatic rings. The number of carbonyl (C=O) groups is 2. The molecule has 2 aromatic carbocycles. The van der Waals surface area contributed by atoms with Crippen molar-refractivity contribution < 1.29 is 23.5 Å². The zero-order valence-corrected chi connectivity index (χ0v) is 18.7. The van der Waals surface area contributed by atoms with Crippen LogP contribution in [0.4, 0.5) is 4.39 Å². The van der Waals surface area contributed by atoms with Crippen molar-refractivity contribution in [3.8, 4) is 17.2 Å². The molecule has 1 unspecified atom stereocenters. The number of hydrogen-bond donors (Lipinski definition) is 2. The molecule has 0 saturated heterocycles. The van der Waals surface area contributed by atoms with Crippen molar-refractivity contribution in [2.75, 3.05) is 7.11 Å². The summed E-state index contributed by atoms with van der Waals surface area (Å²) in [5.74, 6) is -0.320. The fourth-order valence-electron chi connectivity index (χ4n) is 3.07. The first-order valence-corrected chi connectivity index (χ1v) is 10.5. The largest absolute Gasteiger partial charge is 0.497 e. The third-order valence-electron chi connectivity index (χ3n) is 4.91. The first-order chi connectivity index (χ1) is 15.9. The van der Waals surface area contributed by atoms with Gasteiger partial charge in [-0.1, -0.05) is 19.9 Å². The smallest absolute Gasteiger partial charge is 0.251 e. The number of ether oxygens (including phenoxy) is 2. The number of rotatable bonds is 9. The van der Waals surface area contributed by atoms with Gasteiger partial charge in [-0.15, -0.1) is 0 Å².